The third-order valence-electron chi connectivity index (χ3n) is 4.79. The van der Waals surface area contributed by atoms with Crippen LogP contribution in [0.3, 0.4) is 0 Å². The molecule has 0 unspecified atom stereocenters. The Labute approximate surface area is 156 Å². The zero-order chi connectivity index (χ0) is 18.8. The minimum atomic E-state index is -0.578. The molecule has 4 rings (SSSR count). The summed E-state index contributed by atoms with van der Waals surface area (Å²) in [5.41, 5.74) is 1.84. The number of carbonyl (C=O) groups is 1. The van der Waals surface area contributed by atoms with Crippen LogP contribution in [0.25, 0.3) is 11.0 Å². The van der Waals surface area contributed by atoms with E-state index in [2.05, 4.69) is 10.2 Å². The van der Waals surface area contributed by atoms with E-state index < -0.39 is 5.63 Å². The average Bonchev–Trinajstić information content (AvgIpc) is 3.22. The maximum Gasteiger partial charge on any atom is 0.337 e. The predicted octanol–water partition coefficient (Wildman–Crippen LogP) is 3.65. The van der Waals surface area contributed by atoms with Crippen molar-refractivity contribution in [2.45, 2.75) is 12.8 Å². The van der Waals surface area contributed by atoms with Gasteiger partial charge >= 0.3 is 5.63 Å². The summed E-state index contributed by atoms with van der Waals surface area (Å²) in [6, 6.07) is 14.0. The van der Waals surface area contributed by atoms with E-state index in [1.807, 2.05) is 24.3 Å². The van der Waals surface area contributed by atoms with E-state index in [4.69, 9.17) is 9.15 Å². The van der Waals surface area contributed by atoms with Crippen molar-refractivity contribution < 1.29 is 13.9 Å². The summed E-state index contributed by atoms with van der Waals surface area (Å²) < 4.78 is 10.3. The zero-order valence-electron chi connectivity index (χ0n) is 15.0. The van der Waals surface area contributed by atoms with Crippen molar-refractivity contribution in [3.8, 4) is 5.75 Å². The monoisotopic (exact) mass is 364 g/mol. The standard InChI is InChI=1S/C21H20N2O4/c1-26-16-8-9-17-18(13-20(24)27-19(17)12-16)21(25)22-14-4-6-15(7-5-14)23-10-2-3-11-23/h4-9,12-13H,2-3,10-11H2,1H3,(H,22,25). The van der Waals surface area contributed by atoms with Crippen LogP contribution in [0.4, 0.5) is 11.4 Å². The van der Waals surface area contributed by atoms with E-state index in [1.165, 1.54) is 26.0 Å². The van der Waals surface area contributed by atoms with Crippen LogP contribution >= 0.6 is 0 Å². The van der Waals surface area contributed by atoms with Gasteiger partial charge in [-0.25, -0.2) is 4.79 Å². The van der Waals surface area contributed by atoms with Gasteiger partial charge < -0.3 is 19.4 Å². The van der Waals surface area contributed by atoms with Crippen LogP contribution in [0.5, 0.6) is 5.75 Å². The number of fused-ring (bicyclic) bond motifs is 1. The molecule has 0 radical (unpaired) electrons. The molecule has 6 heteroatoms. The van der Waals surface area contributed by atoms with E-state index in [0.717, 1.165) is 18.8 Å². The van der Waals surface area contributed by atoms with Crippen molar-refractivity contribution >= 4 is 28.3 Å². The van der Waals surface area contributed by atoms with Gasteiger partial charge in [-0.15, -0.1) is 0 Å². The summed E-state index contributed by atoms with van der Waals surface area (Å²) in [6.07, 6.45) is 2.43. The Kier molecular flexibility index (Phi) is 4.54. The molecule has 138 valence electrons. The van der Waals surface area contributed by atoms with Crippen LogP contribution < -0.4 is 20.6 Å². The molecule has 3 aromatic rings. The zero-order valence-corrected chi connectivity index (χ0v) is 15.0. The number of benzene rings is 2. The van der Waals surface area contributed by atoms with Crippen molar-refractivity contribution in [1.82, 2.24) is 0 Å². The number of nitrogens with one attached hydrogen (secondary N) is 1. The number of methoxy groups -OCH3 is 1. The van der Waals surface area contributed by atoms with Gasteiger partial charge in [0.25, 0.3) is 5.91 Å². The number of amides is 1. The maximum absolute atomic E-state index is 12.7. The molecule has 0 aliphatic carbocycles. The summed E-state index contributed by atoms with van der Waals surface area (Å²) in [7, 11) is 1.53. The minimum absolute atomic E-state index is 0.271. The first-order chi connectivity index (χ1) is 13.1. The Morgan fingerprint density at radius 2 is 1.81 bits per heavy atom. The summed E-state index contributed by atoms with van der Waals surface area (Å²) >= 11 is 0. The predicted molar refractivity (Wildman–Crippen MR) is 105 cm³/mol. The first-order valence-electron chi connectivity index (χ1n) is 8.92. The number of nitrogens with zero attached hydrogens (tertiary/aromatic N) is 1. The maximum atomic E-state index is 12.7. The fraction of sp³-hybridized carbons (Fsp3) is 0.238. The molecule has 1 aliphatic rings. The second-order valence-corrected chi connectivity index (χ2v) is 6.54. The SMILES string of the molecule is COc1ccc2c(C(=O)Nc3ccc(N4CCCC4)cc3)cc(=O)oc2c1. The molecule has 0 saturated carbocycles. The number of ether oxygens (including phenoxy) is 1. The number of rotatable bonds is 4. The van der Waals surface area contributed by atoms with Crippen LogP contribution in [0, 0.1) is 0 Å². The lowest BCUT2D eigenvalue weighted by Gasteiger charge is -2.17. The Hall–Kier alpha value is -3.28. The van der Waals surface area contributed by atoms with Gasteiger partial charge in [0.1, 0.15) is 11.3 Å². The number of hydrogen-bond acceptors (Lipinski definition) is 5. The van der Waals surface area contributed by atoms with Crippen molar-refractivity contribution in [2.24, 2.45) is 0 Å². The van der Waals surface area contributed by atoms with Gasteiger partial charge in [-0.2, -0.15) is 0 Å². The summed E-state index contributed by atoms with van der Waals surface area (Å²) in [5, 5.41) is 3.41. The van der Waals surface area contributed by atoms with Gasteiger partial charge in [0.2, 0.25) is 0 Å². The smallest absolute Gasteiger partial charge is 0.337 e. The number of anilines is 2. The first-order valence-corrected chi connectivity index (χ1v) is 8.92. The first kappa shape index (κ1) is 17.1. The van der Waals surface area contributed by atoms with Crippen molar-refractivity contribution in [1.29, 1.82) is 0 Å². The third kappa shape index (κ3) is 3.51. The third-order valence-corrected chi connectivity index (χ3v) is 4.79. The average molecular weight is 364 g/mol. The highest BCUT2D eigenvalue weighted by molar-refractivity contribution is 6.12. The van der Waals surface area contributed by atoms with E-state index in [9.17, 15) is 9.59 Å². The largest absolute Gasteiger partial charge is 0.497 e. The lowest BCUT2D eigenvalue weighted by Crippen LogP contribution is -2.18. The molecule has 1 saturated heterocycles. The van der Waals surface area contributed by atoms with Gasteiger partial charge in [0, 0.05) is 42.0 Å². The van der Waals surface area contributed by atoms with Gasteiger partial charge in [0.15, 0.2) is 0 Å². The van der Waals surface area contributed by atoms with Gasteiger partial charge in [0.05, 0.1) is 12.7 Å². The van der Waals surface area contributed by atoms with Crippen LogP contribution in [0.1, 0.15) is 23.2 Å². The van der Waals surface area contributed by atoms with Crippen LogP contribution in [0.15, 0.2) is 57.7 Å². The molecule has 6 nitrogen and oxygen atoms in total. The van der Waals surface area contributed by atoms with Crippen molar-refractivity contribution in [2.75, 3.05) is 30.4 Å². The normalized spacial score (nSPS) is 13.7. The minimum Gasteiger partial charge on any atom is -0.497 e. The number of hydrogen-bond donors (Lipinski definition) is 1. The van der Waals surface area contributed by atoms with Crippen molar-refractivity contribution in [3.05, 3.63) is 64.5 Å². The van der Waals surface area contributed by atoms with E-state index in [1.54, 1.807) is 18.2 Å². The molecular weight excluding hydrogens is 344 g/mol. The topological polar surface area (TPSA) is 71.8 Å². The highest BCUT2D eigenvalue weighted by atomic mass is 16.5. The van der Waals surface area contributed by atoms with Crippen LogP contribution in [0.2, 0.25) is 0 Å². The van der Waals surface area contributed by atoms with Crippen molar-refractivity contribution in [3.63, 3.8) is 0 Å². The Morgan fingerprint density at radius 1 is 1.07 bits per heavy atom. The Balaban J connectivity index is 1.60. The molecule has 0 spiro atoms. The van der Waals surface area contributed by atoms with Gasteiger partial charge in [-0.05, 0) is 49.2 Å². The molecular formula is C21H20N2O4. The molecule has 1 aliphatic heterocycles. The summed E-state index contributed by atoms with van der Waals surface area (Å²) in [4.78, 5) is 26.9. The Bertz CT molecular complexity index is 1030. The molecule has 27 heavy (non-hydrogen) atoms. The lowest BCUT2D eigenvalue weighted by molar-refractivity contribution is 0.102. The number of carbonyl (C=O) groups excluding carboxylic acids is 1. The molecule has 2 aromatic carbocycles. The van der Waals surface area contributed by atoms with Gasteiger partial charge in [-0.1, -0.05) is 0 Å². The molecule has 0 atom stereocenters. The molecule has 0 bridgehead atoms. The highest BCUT2D eigenvalue weighted by Crippen LogP contribution is 2.25. The lowest BCUT2D eigenvalue weighted by atomic mass is 10.1. The Morgan fingerprint density at radius 3 is 2.52 bits per heavy atom. The van der Waals surface area contributed by atoms with E-state index in [0.29, 0.717) is 22.4 Å². The second kappa shape index (κ2) is 7.15. The fourth-order valence-corrected chi connectivity index (χ4v) is 3.39. The molecule has 2 heterocycles. The molecule has 1 fully saturated rings. The van der Waals surface area contributed by atoms with Crippen LogP contribution in [-0.4, -0.2) is 26.1 Å². The highest BCUT2D eigenvalue weighted by Gasteiger charge is 2.15. The quantitative estimate of drug-likeness (QED) is 0.716. The van der Waals surface area contributed by atoms with Gasteiger partial charge in [-0.3, -0.25) is 4.79 Å². The molecule has 1 aromatic heterocycles. The molecule has 1 N–H and O–H groups in total. The van der Waals surface area contributed by atoms with Crippen LogP contribution in [-0.2, 0) is 0 Å². The fourth-order valence-electron chi connectivity index (χ4n) is 3.39. The summed E-state index contributed by atoms with van der Waals surface area (Å²) in [6.45, 7) is 2.14. The molecule has 1 amide bonds. The van der Waals surface area contributed by atoms with E-state index >= 15 is 0 Å². The van der Waals surface area contributed by atoms with E-state index in [-0.39, 0.29) is 11.5 Å². The second-order valence-electron chi connectivity index (χ2n) is 6.54. The summed E-state index contributed by atoms with van der Waals surface area (Å²) in [5.74, 6) is 0.202.